The van der Waals surface area contributed by atoms with Crippen molar-refractivity contribution in [2.45, 2.75) is 12.8 Å². The van der Waals surface area contributed by atoms with E-state index in [-0.39, 0.29) is 30.6 Å². The van der Waals surface area contributed by atoms with Crippen LogP contribution in [0.4, 0.5) is 0 Å². The van der Waals surface area contributed by atoms with Crippen LogP contribution in [0.25, 0.3) is 11.1 Å². The Bertz CT molecular complexity index is 1120. The topological polar surface area (TPSA) is 83.5 Å². The van der Waals surface area contributed by atoms with E-state index in [1.165, 1.54) is 0 Å². The van der Waals surface area contributed by atoms with E-state index in [0.29, 0.717) is 28.7 Å². The number of hydrogen-bond acceptors (Lipinski definition) is 3. The Labute approximate surface area is 174 Å². The molecule has 0 fully saturated rings. The van der Waals surface area contributed by atoms with E-state index in [0.717, 1.165) is 11.1 Å². The summed E-state index contributed by atoms with van der Waals surface area (Å²) in [7, 11) is 0. The molecule has 3 aromatic carbocycles. The molecule has 0 aliphatic heterocycles. The van der Waals surface area contributed by atoms with Crippen LogP contribution >= 0.6 is 0 Å². The molecule has 3 aromatic rings. The third kappa shape index (κ3) is 3.87. The number of amides is 1. The van der Waals surface area contributed by atoms with Crippen LogP contribution in [0.2, 0.25) is 0 Å². The predicted octanol–water partition coefficient (Wildman–Crippen LogP) is 3.96. The Morgan fingerprint density at radius 1 is 0.833 bits per heavy atom. The summed E-state index contributed by atoms with van der Waals surface area (Å²) in [5.41, 5.74) is 3.98. The molecule has 0 radical (unpaired) electrons. The lowest BCUT2D eigenvalue weighted by molar-refractivity contribution is -0.138. The molecule has 1 unspecified atom stereocenters. The van der Waals surface area contributed by atoms with Crippen LogP contribution in [0.5, 0.6) is 0 Å². The molecule has 0 saturated heterocycles. The van der Waals surface area contributed by atoms with Crippen molar-refractivity contribution in [2.24, 2.45) is 5.92 Å². The van der Waals surface area contributed by atoms with Crippen molar-refractivity contribution in [2.75, 3.05) is 6.54 Å². The van der Waals surface area contributed by atoms with E-state index in [1.54, 1.807) is 24.3 Å². The number of carbonyl (C=O) groups excluding carboxylic acids is 2. The predicted molar refractivity (Wildman–Crippen MR) is 114 cm³/mol. The summed E-state index contributed by atoms with van der Waals surface area (Å²) < 4.78 is 0. The molecule has 1 atom stereocenters. The van der Waals surface area contributed by atoms with Crippen LogP contribution in [-0.4, -0.2) is 29.3 Å². The average molecular weight is 399 g/mol. The van der Waals surface area contributed by atoms with Gasteiger partial charge in [0.2, 0.25) is 0 Å². The van der Waals surface area contributed by atoms with Crippen LogP contribution in [0, 0.1) is 5.92 Å². The van der Waals surface area contributed by atoms with Crippen LogP contribution in [0.1, 0.15) is 38.3 Å². The van der Waals surface area contributed by atoms with Gasteiger partial charge in [-0.2, -0.15) is 0 Å². The largest absolute Gasteiger partial charge is 0.481 e. The van der Waals surface area contributed by atoms with Crippen LogP contribution < -0.4 is 5.32 Å². The number of fused-ring (bicyclic) bond motifs is 3. The highest BCUT2D eigenvalue weighted by molar-refractivity contribution is 6.24. The van der Waals surface area contributed by atoms with Gasteiger partial charge in [0.25, 0.3) is 5.91 Å². The number of benzene rings is 3. The number of carboxylic acid groups (broad SMARTS) is 1. The molecule has 5 nitrogen and oxygen atoms in total. The number of carbonyl (C=O) groups is 3. The van der Waals surface area contributed by atoms with Gasteiger partial charge in [-0.1, -0.05) is 66.7 Å². The molecule has 30 heavy (non-hydrogen) atoms. The minimum Gasteiger partial charge on any atom is -0.481 e. The quantitative estimate of drug-likeness (QED) is 0.493. The highest BCUT2D eigenvalue weighted by Crippen LogP contribution is 2.38. The van der Waals surface area contributed by atoms with Crippen molar-refractivity contribution in [1.82, 2.24) is 5.32 Å². The zero-order valence-corrected chi connectivity index (χ0v) is 16.3. The Kier molecular flexibility index (Phi) is 5.44. The van der Waals surface area contributed by atoms with Gasteiger partial charge >= 0.3 is 5.97 Å². The molecule has 0 heterocycles. The molecule has 2 N–H and O–H groups in total. The molecular formula is C25H21NO4. The maximum absolute atomic E-state index is 13.0. The van der Waals surface area contributed by atoms with Crippen molar-refractivity contribution in [3.05, 3.63) is 95.1 Å². The van der Waals surface area contributed by atoms with Gasteiger partial charge in [-0.05, 0) is 29.5 Å². The summed E-state index contributed by atoms with van der Waals surface area (Å²) in [5, 5.41) is 12.1. The number of carboxylic acids is 1. The molecule has 0 bridgehead atoms. The van der Waals surface area contributed by atoms with E-state index in [2.05, 4.69) is 5.32 Å². The van der Waals surface area contributed by atoms with E-state index in [9.17, 15) is 19.5 Å². The molecule has 150 valence electrons. The Hall–Kier alpha value is -3.73. The maximum Gasteiger partial charge on any atom is 0.303 e. The molecular weight excluding hydrogens is 378 g/mol. The van der Waals surface area contributed by atoms with Crippen molar-refractivity contribution < 1.29 is 19.5 Å². The Morgan fingerprint density at radius 2 is 1.50 bits per heavy atom. The lowest BCUT2D eigenvalue weighted by Crippen LogP contribution is -2.31. The van der Waals surface area contributed by atoms with Crippen molar-refractivity contribution >= 4 is 17.7 Å². The number of aliphatic carboxylic acids is 1. The van der Waals surface area contributed by atoms with Crippen LogP contribution in [0.3, 0.4) is 0 Å². The van der Waals surface area contributed by atoms with Gasteiger partial charge in [0.05, 0.1) is 6.42 Å². The minimum absolute atomic E-state index is 0.0383. The fourth-order valence-corrected chi connectivity index (χ4v) is 4.01. The van der Waals surface area contributed by atoms with Gasteiger partial charge in [0.15, 0.2) is 5.78 Å². The summed E-state index contributed by atoms with van der Waals surface area (Å²) in [4.78, 5) is 36.9. The first-order valence-corrected chi connectivity index (χ1v) is 9.85. The van der Waals surface area contributed by atoms with Crippen LogP contribution in [-0.2, 0) is 11.2 Å². The summed E-state index contributed by atoms with van der Waals surface area (Å²) in [6.45, 7) is 0.235. The number of nitrogens with one attached hydrogen (secondary N) is 1. The standard InChI is InChI=1S/C25H21NO4/c27-22(28)14-17(13-16-7-2-1-3-8-16)15-26-25(30)21-12-6-11-20-23(21)18-9-4-5-10-19(18)24(20)29/h1-12,17H,13-15H2,(H,26,30)(H,27,28). The third-order valence-corrected chi connectivity index (χ3v) is 5.38. The van der Waals surface area contributed by atoms with Gasteiger partial charge in [-0.25, -0.2) is 0 Å². The molecule has 5 heteroatoms. The molecule has 0 spiro atoms. The smallest absolute Gasteiger partial charge is 0.303 e. The zero-order valence-electron chi connectivity index (χ0n) is 16.3. The number of hydrogen-bond donors (Lipinski definition) is 2. The first-order chi connectivity index (χ1) is 14.5. The zero-order chi connectivity index (χ0) is 21.1. The summed E-state index contributed by atoms with van der Waals surface area (Å²) >= 11 is 0. The first-order valence-electron chi connectivity index (χ1n) is 9.85. The van der Waals surface area contributed by atoms with Gasteiger partial charge in [0, 0.05) is 28.8 Å². The Morgan fingerprint density at radius 3 is 2.23 bits per heavy atom. The fraction of sp³-hybridized carbons (Fsp3) is 0.160. The second kappa shape index (κ2) is 8.33. The summed E-state index contributed by atoms with van der Waals surface area (Å²) in [6.07, 6.45) is 0.519. The second-order valence-corrected chi connectivity index (χ2v) is 7.47. The second-order valence-electron chi connectivity index (χ2n) is 7.47. The third-order valence-electron chi connectivity index (χ3n) is 5.38. The van der Waals surface area contributed by atoms with Crippen molar-refractivity contribution in [3.63, 3.8) is 0 Å². The minimum atomic E-state index is -0.898. The van der Waals surface area contributed by atoms with E-state index in [1.807, 2.05) is 48.5 Å². The number of rotatable bonds is 7. The van der Waals surface area contributed by atoms with E-state index in [4.69, 9.17) is 0 Å². The highest BCUT2D eigenvalue weighted by atomic mass is 16.4. The molecule has 0 saturated carbocycles. The summed E-state index contributed by atoms with van der Waals surface area (Å²) in [5.74, 6) is -1.52. The SMILES string of the molecule is O=C(O)CC(CNC(=O)c1cccc2c1-c1ccccc1C2=O)Cc1ccccc1. The first kappa shape index (κ1) is 19.6. The highest BCUT2D eigenvalue weighted by Gasteiger charge is 2.30. The summed E-state index contributed by atoms with van der Waals surface area (Å²) in [6, 6.07) is 22.0. The van der Waals surface area contributed by atoms with Gasteiger partial charge in [-0.15, -0.1) is 0 Å². The van der Waals surface area contributed by atoms with Gasteiger partial charge < -0.3 is 10.4 Å². The molecule has 0 aromatic heterocycles. The fourth-order valence-electron chi connectivity index (χ4n) is 4.01. The molecule has 4 rings (SSSR count). The normalized spacial score (nSPS) is 12.7. The maximum atomic E-state index is 13.0. The lowest BCUT2D eigenvalue weighted by atomic mass is 9.95. The Balaban J connectivity index is 1.55. The van der Waals surface area contributed by atoms with Gasteiger partial charge in [-0.3, -0.25) is 14.4 Å². The molecule has 1 aliphatic rings. The van der Waals surface area contributed by atoms with E-state index >= 15 is 0 Å². The molecule has 1 aliphatic carbocycles. The van der Waals surface area contributed by atoms with E-state index < -0.39 is 5.97 Å². The molecule has 1 amide bonds. The average Bonchev–Trinajstić information content (AvgIpc) is 3.05. The number of ketones is 1. The van der Waals surface area contributed by atoms with Crippen molar-refractivity contribution in [1.29, 1.82) is 0 Å². The lowest BCUT2D eigenvalue weighted by Gasteiger charge is -2.17. The van der Waals surface area contributed by atoms with Crippen LogP contribution in [0.15, 0.2) is 72.8 Å². The monoisotopic (exact) mass is 399 g/mol. The van der Waals surface area contributed by atoms with Gasteiger partial charge in [0.1, 0.15) is 0 Å². The van der Waals surface area contributed by atoms with Crippen molar-refractivity contribution in [3.8, 4) is 11.1 Å².